The predicted molar refractivity (Wildman–Crippen MR) is 99.5 cm³/mol. The molecule has 2 aromatic rings. The minimum absolute atomic E-state index is 0.117. The van der Waals surface area contributed by atoms with Crippen LogP contribution in [0.5, 0.6) is 0 Å². The molecule has 1 aliphatic carbocycles. The Balaban J connectivity index is 1.77. The van der Waals surface area contributed by atoms with Gasteiger partial charge in [0.05, 0.1) is 5.69 Å². The number of aryl methyl sites for hydroxylation is 2. The van der Waals surface area contributed by atoms with E-state index in [0.717, 1.165) is 49.8 Å². The van der Waals surface area contributed by atoms with Crippen molar-refractivity contribution in [3.05, 3.63) is 39.4 Å². The Morgan fingerprint density at radius 2 is 2.04 bits per heavy atom. The van der Waals surface area contributed by atoms with Crippen molar-refractivity contribution < 1.29 is 9.32 Å². The Hall–Kier alpha value is -2.51. The van der Waals surface area contributed by atoms with Crippen LogP contribution in [-0.4, -0.2) is 44.2 Å². The van der Waals surface area contributed by atoms with Gasteiger partial charge < -0.3 is 4.90 Å². The minimum Gasteiger partial charge on any atom is -0.337 e. The lowest BCUT2D eigenvalue weighted by molar-refractivity contribution is 0.0718. The molecule has 0 saturated heterocycles. The molecule has 0 fully saturated rings. The smallest absolute Gasteiger partial charge is 0.337 e. The molecule has 0 atom stereocenters. The minimum atomic E-state index is -0.580. The van der Waals surface area contributed by atoms with E-state index >= 15 is 0 Å². The number of hydrogen-bond donors (Lipinski definition) is 1. The van der Waals surface area contributed by atoms with Gasteiger partial charge in [0.15, 0.2) is 11.5 Å². The summed E-state index contributed by atoms with van der Waals surface area (Å²) in [5.41, 5.74) is 2.56. The molecule has 1 N–H and O–H groups in total. The van der Waals surface area contributed by atoms with Gasteiger partial charge in [0.1, 0.15) is 0 Å². The SMILES string of the molecule is CCC(CC)CN(CCc1noc(=O)[nH]1)C(=O)c1cc2c(nn1)CCCC2. The number of carbonyl (C=O) groups is 1. The first kappa shape index (κ1) is 19.3. The summed E-state index contributed by atoms with van der Waals surface area (Å²) >= 11 is 0. The molecular formula is C19H27N5O3. The lowest BCUT2D eigenvalue weighted by Crippen LogP contribution is -2.37. The average Bonchev–Trinajstić information content (AvgIpc) is 3.12. The molecule has 0 spiro atoms. The molecule has 0 unspecified atom stereocenters. The van der Waals surface area contributed by atoms with E-state index in [9.17, 15) is 9.59 Å². The zero-order valence-electron chi connectivity index (χ0n) is 16.0. The van der Waals surface area contributed by atoms with Crippen molar-refractivity contribution in [3.8, 4) is 0 Å². The highest BCUT2D eigenvalue weighted by Crippen LogP contribution is 2.20. The van der Waals surface area contributed by atoms with E-state index in [2.05, 4.69) is 38.7 Å². The molecule has 2 aromatic heterocycles. The van der Waals surface area contributed by atoms with Gasteiger partial charge in [-0.15, -0.1) is 5.10 Å². The van der Waals surface area contributed by atoms with Crippen LogP contribution < -0.4 is 5.76 Å². The summed E-state index contributed by atoms with van der Waals surface area (Å²) in [7, 11) is 0. The number of fused-ring (bicyclic) bond motifs is 1. The number of H-pyrrole nitrogens is 1. The third-order valence-corrected chi connectivity index (χ3v) is 5.31. The van der Waals surface area contributed by atoms with Crippen LogP contribution in [0.3, 0.4) is 0 Å². The Morgan fingerprint density at radius 3 is 2.74 bits per heavy atom. The van der Waals surface area contributed by atoms with Crippen molar-refractivity contribution in [2.24, 2.45) is 5.92 Å². The maximum atomic E-state index is 13.1. The van der Waals surface area contributed by atoms with Crippen LogP contribution in [0.15, 0.2) is 15.4 Å². The summed E-state index contributed by atoms with van der Waals surface area (Å²) in [5, 5.41) is 12.2. The van der Waals surface area contributed by atoms with E-state index in [1.165, 1.54) is 0 Å². The van der Waals surface area contributed by atoms with E-state index in [-0.39, 0.29) is 5.91 Å². The summed E-state index contributed by atoms with van der Waals surface area (Å²) in [4.78, 5) is 28.6. The molecule has 0 aromatic carbocycles. The second-order valence-electron chi connectivity index (χ2n) is 7.13. The fourth-order valence-corrected chi connectivity index (χ4v) is 3.50. The highest BCUT2D eigenvalue weighted by molar-refractivity contribution is 5.92. The number of aromatic amines is 1. The van der Waals surface area contributed by atoms with Crippen LogP contribution >= 0.6 is 0 Å². The van der Waals surface area contributed by atoms with E-state index in [4.69, 9.17) is 0 Å². The van der Waals surface area contributed by atoms with Crippen molar-refractivity contribution in [2.45, 2.75) is 58.8 Å². The average molecular weight is 373 g/mol. The Morgan fingerprint density at radius 1 is 1.26 bits per heavy atom. The fraction of sp³-hybridized carbons (Fsp3) is 0.632. The number of carbonyl (C=O) groups excluding carboxylic acids is 1. The van der Waals surface area contributed by atoms with Crippen LogP contribution in [0.2, 0.25) is 0 Å². The second kappa shape index (κ2) is 8.92. The molecule has 2 heterocycles. The number of nitrogens with one attached hydrogen (secondary N) is 1. The van der Waals surface area contributed by atoms with Crippen molar-refractivity contribution in [2.75, 3.05) is 13.1 Å². The quantitative estimate of drug-likeness (QED) is 0.760. The van der Waals surface area contributed by atoms with E-state index < -0.39 is 5.76 Å². The molecule has 146 valence electrons. The number of nitrogens with zero attached hydrogens (tertiary/aromatic N) is 4. The van der Waals surface area contributed by atoms with E-state index in [0.29, 0.717) is 36.9 Å². The van der Waals surface area contributed by atoms with Gasteiger partial charge in [-0.25, -0.2) is 4.79 Å². The normalized spacial score (nSPS) is 13.6. The van der Waals surface area contributed by atoms with Crippen molar-refractivity contribution in [1.82, 2.24) is 25.2 Å². The van der Waals surface area contributed by atoms with Gasteiger partial charge in [-0.1, -0.05) is 31.8 Å². The molecular weight excluding hydrogens is 346 g/mol. The van der Waals surface area contributed by atoms with Crippen LogP contribution in [0.25, 0.3) is 0 Å². The monoisotopic (exact) mass is 373 g/mol. The first-order chi connectivity index (χ1) is 13.1. The predicted octanol–water partition coefficient (Wildman–Crippen LogP) is 2.15. The molecule has 8 nitrogen and oxygen atoms in total. The van der Waals surface area contributed by atoms with Gasteiger partial charge in [0.2, 0.25) is 0 Å². The second-order valence-corrected chi connectivity index (χ2v) is 7.13. The standard InChI is InChI=1S/C19H27N5O3/c1-3-13(4-2)12-24(10-9-17-20-19(26)27-23-17)18(25)16-11-14-7-5-6-8-15(14)21-22-16/h11,13H,3-10,12H2,1-2H3,(H,20,23,26). The molecule has 0 saturated carbocycles. The fourth-order valence-electron chi connectivity index (χ4n) is 3.50. The lowest BCUT2D eigenvalue weighted by atomic mass is 9.96. The third kappa shape index (κ3) is 4.81. The number of amides is 1. The van der Waals surface area contributed by atoms with Crippen molar-refractivity contribution in [3.63, 3.8) is 0 Å². The Kier molecular flexibility index (Phi) is 6.36. The van der Waals surface area contributed by atoms with Gasteiger partial charge in [0.25, 0.3) is 5.91 Å². The first-order valence-electron chi connectivity index (χ1n) is 9.80. The molecule has 27 heavy (non-hydrogen) atoms. The third-order valence-electron chi connectivity index (χ3n) is 5.31. The van der Waals surface area contributed by atoms with E-state index in [1.807, 2.05) is 6.07 Å². The Labute approximate surface area is 158 Å². The first-order valence-corrected chi connectivity index (χ1v) is 9.80. The number of aromatic nitrogens is 4. The van der Waals surface area contributed by atoms with Gasteiger partial charge in [-0.05, 0) is 43.2 Å². The highest BCUT2D eigenvalue weighted by atomic mass is 16.5. The summed E-state index contributed by atoms with van der Waals surface area (Å²) in [6.07, 6.45) is 6.57. The van der Waals surface area contributed by atoms with E-state index in [1.54, 1.807) is 4.90 Å². The molecule has 8 heteroatoms. The Bertz CT molecular complexity index is 825. The maximum absolute atomic E-state index is 13.1. The molecule has 0 bridgehead atoms. The van der Waals surface area contributed by atoms with Gasteiger partial charge in [0, 0.05) is 19.5 Å². The summed E-state index contributed by atoms with van der Waals surface area (Å²) in [6.45, 7) is 5.35. The van der Waals surface area contributed by atoms with Crippen molar-refractivity contribution >= 4 is 5.91 Å². The summed E-state index contributed by atoms with van der Waals surface area (Å²) in [6, 6.07) is 1.90. The molecule has 3 rings (SSSR count). The molecule has 1 amide bonds. The zero-order chi connectivity index (χ0) is 19.2. The topological polar surface area (TPSA) is 105 Å². The van der Waals surface area contributed by atoms with Crippen LogP contribution in [-0.2, 0) is 19.3 Å². The molecule has 0 radical (unpaired) electrons. The number of rotatable bonds is 8. The van der Waals surface area contributed by atoms with Gasteiger partial charge >= 0.3 is 5.76 Å². The molecule has 1 aliphatic rings. The largest absolute Gasteiger partial charge is 0.438 e. The lowest BCUT2D eigenvalue weighted by Gasteiger charge is -2.26. The summed E-state index contributed by atoms with van der Waals surface area (Å²) < 4.78 is 4.54. The highest BCUT2D eigenvalue weighted by Gasteiger charge is 2.23. The van der Waals surface area contributed by atoms with Crippen molar-refractivity contribution in [1.29, 1.82) is 0 Å². The van der Waals surface area contributed by atoms with Crippen LogP contribution in [0.4, 0.5) is 0 Å². The zero-order valence-corrected chi connectivity index (χ0v) is 16.0. The van der Waals surface area contributed by atoms with Crippen LogP contribution in [0, 0.1) is 5.92 Å². The van der Waals surface area contributed by atoms with Gasteiger partial charge in [-0.3, -0.25) is 14.3 Å². The summed E-state index contributed by atoms with van der Waals surface area (Å²) in [5.74, 6) is 0.159. The van der Waals surface area contributed by atoms with Crippen LogP contribution in [0.1, 0.15) is 67.1 Å². The molecule has 0 aliphatic heterocycles. The number of hydrogen-bond acceptors (Lipinski definition) is 6. The van der Waals surface area contributed by atoms with Gasteiger partial charge in [-0.2, -0.15) is 5.10 Å². The maximum Gasteiger partial charge on any atom is 0.438 e.